The van der Waals surface area contributed by atoms with Crippen molar-refractivity contribution in [3.63, 3.8) is 0 Å². The molecule has 1 aromatic carbocycles. The first-order valence-corrected chi connectivity index (χ1v) is 6.09. The number of hydrogen-bond acceptors (Lipinski definition) is 2. The summed E-state index contributed by atoms with van der Waals surface area (Å²) in [6, 6.07) is 6.05. The van der Waals surface area contributed by atoms with Crippen LogP contribution in [0, 0.1) is 5.41 Å². The van der Waals surface area contributed by atoms with Crippen molar-refractivity contribution in [2.24, 2.45) is 5.41 Å². The van der Waals surface area contributed by atoms with E-state index >= 15 is 0 Å². The van der Waals surface area contributed by atoms with Gasteiger partial charge in [0.25, 0.3) is 0 Å². The van der Waals surface area contributed by atoms with Crippen LogP contribution in [0.15, 0.2) is 23.1 Å². The van der Waals surface area contributed by atoms with Gasteiger partial charge in [0.2, 0.25) is 0 Å². The maximum absolute atomic E-state index is 5.95. The monoisotopic (exact) mass is 227 g/mol. The van der Waals surface area contributed by atoms with Crippen LogP contribution >= 0.6 is 23.4 Å². The number of rotatable bonds is 0. The minimum absolute atomic E-state index is 0.343. The molecule has 0 unspecified atom stereocenters. The van der Waals surface area contributed by atoms with Crippen LogP contribution < -0.4 is 5.32 Å². The van der Waals surface area contributed by atoms with E-state index in [0.29, 0.717) is 5.41 Å². The van der Waals surface area contributed by atoms with Gasteiger partial charge in [0.1, 0.15) is 0 Å². The lowest BCUT2D eigenvalue weighted by atomic mass is 9.96. The molecule has 1 aromatic rings. The Balaban J connectivity index is 2.30. The predicted octanol–water partition coefficient (Wildman–Crippen LogP) is 3.88. The SMILES string of the molecule is CC1(C)CNc2cc(Cl)ccc2SC1. The van der Waals surface area contributed by atoms with Crippen LogP contribution in [0.3, 0.4) is 0 Å². The molecule has 0 bridgehead atoms. The number of benzene rings is 1. The Morgan fingerprint density at radius 2 is 2.21 bits per heavy atom. The third kappa shape index (κ3) is 2.18. The Kier molecular flexibility index (Phi) is 2.67. The van der Waals surface area contributed by atoms with Crippen molar-refractivity contribution in [1.82, 2.24) is 0 Å². The summed E-state index contributed by atoms with van der Waals surface area (Å²) in [4.78, 5) is 1.31. The largest absolute Gasteiger partial charge is 0.384 e. The summed E-state index contributed by atoms with van der Waals surface area (Å²) < 4.78 is 0. The van der Waals surface area contributed by atoms with Gasteiger partial charge in [-0.15, -0.1) is 11.8 Å². The molecule has 0 aliphatic carbocycles. The number of fused-ring (bicyclic) bond motifs is 1. The van der Waals surface area contributed by atoms with Crippen molar-refractivity contribution in [2.75, 3.05) is 17.6 Å². The lowest BCUT2D eigenvalue weighted by Gasteiger charge is -2.21. The molecule has 0 fully saturated rings. The molecule has 3 heteroatoms. The standard InChI is InChI=1S/C11H14ClNS/c1-11(2)6-13-9-5-8(12)3-4-10(9)14-7-11/h3-5,13H,6-7H2,1-2H3. The van der Waals surface area contributed by atoms with Gasteiger partial charge in [-0.3, -0.25) is 0 Å². The van der Waals surface area contributed by atoms with Gasteiger partial charge < -0.3 is 5.32 Å². The van der Waals surface area contributed by atoms with E-state index in [1.807, 2.05) is 23.9 Å². The summed E-state index contributed by atoms with van der Waals surface area (Å²) >= 11 is 7.86. The maximum atomic E-state index is 5.95. The molecule has 1 aliphatic rings. The van der Waals surface area contributed by atoms with Gasteiger partial charge in [0.15, 0.2) is 0 Å². The highest BCUT2D eigenvalue weighted by Crippen LogP contribution is 2.37. The van der Waals surface area contributed by atoms with Crippen molar-refractivity contribution >= 4 is 29.1 Å². The normalized spacial score (nSPS) is 19.4. The molecule has 76 valence electrons. The van der Waals surface area contributed by atoms with Gasteiger partial charge in [-0.1, -0.05) is 25.4 Å². The number of nitrogens with one attached hydrogen (secondary N) is 1. The first-order chi connectivity index (χ1) is 6.57. The van der Waals surface area contributed by atoms with Gasteiger partial charge in [0.05, 0.1) is 0 Å². The first kappa shape index (κ1) is 10.2. The van der Waals surface area contributed by atoms with E-state index in [0.717, 1.165) is 17.3 Å². The van der Waals surface area contributed by atoms with Crippen LogP contribution in [-0.4, -0.2) is 12.3 Å². The Bertz CT molecular complexity index is 349. The molecule has 0 saturated carbocycles. The van der Waals surface area contributed by atoms with Crippen LogP contribution in [0.4, 0.5) is 5.69 Å². The van der Waals surface area contributed by atoms with Crippen molar-refractivity contribution in [1.29, 1.82) is 0 Å². The number of anilines is 1. The number of halogens is 1. The highest BCUT2D eigenvalue weighted by molar-refractivity contribution is 7.99. The van der Waals surface area contributed by atoms with Gasteiger partial charge in [-0.05, 0) is 23.6 Å². The molecule has 0 saturated heterocycles. The average molecular weight is 228 g/mol. The van der Waals surface area contributed by atoms with Crippen LogP contribution in [0.1, 0.15) is 13.8 Å². The second-order valence-electron chi connectivity index (χ2n) is 4.45. The smallest absolute Gasteiger partial charge is 0.0493 e. The summed E-state index contributed by atoms with van der Waals surface area (Å²) in [5.41, 5.74) is 1.52. The minimum atomic E-state index is 0.343. The molecule has 1 aliphatic heterocycles. The highest BCUT2D eigenvalue weighted by atomic mass is 35.5. The molecule has 14 heavy (non-hydrogen) atoms. The second kappa shape index (κ2) is 3.67. The third-order valence-electron chi connectivity index (χ3n) is 2.32. The molecule has 0 radical (unpaired) electrons. The highest BCUT2D eigenvalue weighted by Gasteiger charge is 2.22. The lowest BCUT2D eigenvalue weighted by molar-refractivity contribution is 0.456. The number of thioether (sulfide) groups is 1. The zero-order chi connectivity index (χ0) is 10.2. The van der Waals surface area contributed by atoms with Gasteiger partial charge >= 0.3 is 0 Å². The summed E-state index contributed by atoms with van der Waals surface area (Å²) in [6.45, 7) is 5.56. The second-order valence-corrected chi connectivity index (χ2v) is 5.90. The van der Waals surface area contributed by atoms with Crippen molar-refractivity contribution < 1.29 is 0 Å². The van der Waals surface area contributed by atoms with E-state index in [-0.39, 0.29) is 0 Å². The third-order valence-corrected chi connectivity index (χ3v) is 4.15. The number of hydrogen-bond donors (Lipinski definition) is 1. The molecular weight excluding hydrogens is 214 g/mol. The van der Waals surface area contributed by atoms with E-state index in [4.69, 9.17) is 11.6 Å². The molecule has 0 aromatic heterocycles. The predicted molar refractivity (Wildman–Crippen MR) is 64.4 cm³/mol. The summed E-state index contributed by atoms with van der Waals surface area (Å²) in [5.74, 6) is 1.15. The lowest BCUT2D eigenvalue weighted by Crippen LogP contribution is -2.23. The van der Waals surface area contributed by atoms with Gasteiger partial charge in [-0.2, -0.15) is 0 Å². The van der Waals surface area contributed by atoms with Crippen molar-refractivity contribution in [3.8, 4) is 0 Å². The maximum Gasteiger partial charge on any atom is 0.0493 e. The fraction of sp³-hybridized carbons (Fsp3) is 0.455. The average Bonchev–Trinajstić information content (AvgIpc) is 2.26. The molecule has 1 N–H and O–H groups in total. The van der Waals surface area contributed by atoms with E-state index < -0.39 is 0 Å². The van der Waals surface area contributed by atoms with Crippen LogP contribution in [0.25, 0.3) is 0 Å². The Morgan fingerprint density at radius 3 is 3.00 bits per heavy atom. The Labute approximate surface area is 94.2 Å². The summed E-state index contributed by atoms with van der Waals surface area (Å²) in [6.07, 6.45) is 0. The van der Waals surface area contributed by atoms with Gasteiger partial charge in [0, 0.05) is 27.9 Å². The molecule has 0 spiro atoms. The van der Waals surface area contributed by atoms with Gasteiger partial charge in [-0.25, -0.2) is 0 Å². The molecule has 2 rings (SSSR count). The van der Waals surface area contributed by atoms with E-state index in [2.05, 4.69) is 25.2 Å². The van der Waals surface area contributed by atoms with Crippen LogP contribution in [0.2, 0.25) is 5.02 Å². The van der Waals surface area contributed by atoms with E-state index in [1.165, 1.54) is 10.6 Å². The molecule has 0 amide bonds. The molecule has 1 nitrogen and oxygen atoms in total. The van der Waals surface area contributed by atoms with Crippen LogP contribution in [0.5, 0.6) is 0 Å². The topological polar surface area (TPSA) is 12.0 Å². The van der Waals surface area contributed by atoms with E-state index in [9.17, 15) is 0 Å². The minimum Gasteiger partial charge on any atom is -0.384 e. The van der Waals surface area contributed by atoms with E-state index in [1.54, 1.807) is 0 Å². The molecular formula is C11H14ClNS. The molecule has 1 heterocycles. The quantitative estimate of drug-likeness (QED) is 0.722. The summed E-state index contributed by atoms with van der Waals surface area (Å²) in [5, 5.41) is 4.25. The molecule has 0 atom stereocenters. The van der Waals surface area contributed by atoms with Crippen LogP contribution in [-0.2, 0) is 0 Å². The fourth-order valence-electron chi connectivity index (χ4n) is 1.42. The first-order valence-electron chi connectivity index (χ1n) is 4.73. The Hall–Kier alpha value is -0.340. The van der Waals surface area contributed by atoms with Crippen molar-refractivity contribution in [3.05, 3.63) is 23.2 Å². The zero-order valence-corrected chi connectivity index (χ0v) is 10.0. The summed E-state index contributed by atoms with van der Waals surface area (Å²) in [7, 11) is 0. The zero-order valence-electron chi connectivity index (χ0n) is 8.43. The van der Waals surface area contributed by atoms with Crippen molar-refractivity contribution in [2.45, 2.75) is 18.7 Å². The Morgan fingerprint density at radius 1 is 1.43 bits per heavy atom. The fourth-order valence-corrected chi connectivity index (χ4v) is 2.70.